The fourth-order valence-corrected chi connectivity index (χ4v) is 6.43. The van der Waals surface area contributed by atoms with E-state index in [-0.39, 0.29) is 11.8 Å². The Morgan fingerprint density at radius 2 is 1.89 bits per heavy atom. The molecule has 0 radical (unpaired) electrons. The predicted octanol–water partition coefficient (Wildman–Crippen LogP) is 3.99. The van der Waals surface area contributed by atoms with Gasteiger partial charge in [0.1, 0.15) is 16.9 Å². The van der Waals surface area contributed by atoms with Gasteiger partial charge >= 0.3 is 0 Å². The topological polar surface area (TPSA) is 101 Å². The van der Waals surface area contributed by atoms with E-state index >= 15 is 0 Å². The molecule has 38 heavy (non-hydrogen) atoms. The molecular weight excluding hydrogens is 500 g/mol. The Bertz CT molecular complexity index is 1580. The molecule has 0 atom stereocenters. The van der Waals surface area contributed by atoms with Crippen LogP contribution in [0.4, 0.5) is 10.9 Å². The maximum absolute atomic E-state index is 13.4. The maximum Gasteiger partial charge on any atom is 0.273 e. The molecule has 198 valence electrons. The van der Waals surface area contributed by atoms with E-state index in [0.717, 1.165) is 77.8 Å². The summed E-state index contributed by atoms with van der Waals surface area (Å²) in [7, 11) is 1.98. The molecule has 0 bridgehead atoms. The number of nitrogens with zero attached hydrogens (tertiary/aromatic N) is 7. The van der Waals surface area contributed by atoms with Crippen molar-refractivity contribution in [1.29, 1.82) is 0 Å². The van der Waals surface area contributed by atoms with Crippen molar-refractivity contribution in [3.63, 3.8) is 0 Å². The van der Waals surface area contributed by atoms with Crippen molar-refractivity contribution in [3.05, 3.63) is 28.7 Å². The minimum atomic E-state index is -0.00921. The number of fused-ring (bicyclic) bond motifs is 3. The molecule has 2 amide bonds. The predicted molar refractivity (Wildman–Crippen MR) is 147 cm³/mol. The normalized spacial score (nSPS) is 17.3. The molecule has 1 N–H and O–H groups in total. The van der Waals surface area contributed by atoms with E-state index in [1.54, 1.807) is 6.33 Å². The third kappa shape index (κ3) is 3.86. The molecular formula is C27H32N8O2S. The van der Waals surface area contributed by atoms with E-state index < -0.39 is 0 Å². The van der Waals surface area contributed by atoms with Gasteiger partial charge in [0.15, 0.2) is 10.9 Å². The molecule has 4 aromatic heterocycles. The minimum absolute atomic E-state index is 0.00921. The fourth-order valence-electron chi connectivity index (χ4n) is 5.63. The van der Waals surface area contributed by atoms with E-state index in [9.17, 15) is 9.59 Å². The molecule has 0 spiro atoms. The molecule has 2 aliphatic carbocycles. The van der Waals surface area contributed by atoms with E-state index in [1.165, 1.54) is 11.3 Å². The molecule has 0 unspecified atom stereocenters. The first-order valence-corrected chi connectivity index (χ1v) is 14.4. The molecule has 2 saturated carbocycles. The van der Waals surface area contributed by atoms with Crippen molar-refractivity contribution in [1.82, 2.24) is 33.9 Å². The molecule has 4 aromatic rings. The van der Waals surface area contributed by atoms with Crippen LogP contribution in [0.1, 0.15) is 60.1 Å². The highest BCUT2D eigenvalue weighted by Gasteiger charge is 2.42. The number of anilines is 2. The van der Waals surface area contributed by atoms with E-state index in [2.05, 4.69) is 37.7 Å². The Kier molecular flexibility index (Phi) is 5.47. The number of aromatic nitrogens is 5. The van der Waals surface area contributed by atoms with Crippen molar-refractivity contribution in [3.8, 4) is 0 Å². The zero-order chi connectivity index (χ0) is 26.1. The molecule has 11 heteroatoms. The number of imidazole rings is 1. The standard InChI is InChI=1S/C27H32N8O2S/c1-4-34-18(13-20(36)35(16-6-7-16)17-8-9-17)12-19-23-22(28-14-32(23)3)24(30-25(19)34)31-27-29-21(15(2)38-27)26(37)33-10-5-11-33/h12,14,16-17H,4-11,13H2,1-3H3,(H,29,30,31). The quantitative estimate of drug-likeness (QED) is 0.368. The van der Waals surface area contributed by atoms with Gasteiger partial charge < -0.3 is 24.3 Å². The van der Waals surface area contributed by atoms with Gasteiger partial charge in [0.25, 0.3) is 5.91 Å². The number of carbonyl (C=O) groups excluding carboxylic acids is 2. The van der Waals surface area contributed by atoms with Gasteiger partial charge in [-0.15, -0.1) is 11.3 Å². The number of thiazole rings is 1. The lowest BCUT2D eigenvalue weighted by Gasteiger charge is -2.30. The number of hydrogen-bond donors (Lipinski definition) is 1. The van der Waals surface area contributed by atoms with Gasteiger partial charge in [-0.3, -0.25) is 9.59 Å². The highest BCUT2D eigenvalue weighted by Crippen LogP contribution is 2.38. The van der Waals surface area contributed by atoms with Crippen LogP contribution >= 0.6 is 11.3 Å². The third-order valence-electron chi connectivity index (χ3n) is 7.97. The lowest BCUT2D eigenvalue weighted by molar-refractivity contribution is -0.131. The summed E-state index contributed by atoms with van der Waals surface area (Å²) in [5.74, 6) is 0.822. The molecule has 0 aromatic carbocycles. The molecule has 1 aliphatic heterocycles. The third-order valence-corrected chi connectivity index (χ3v) is 8.86. The average Bonchev–Trinajstić information content (AvgIpc) is 3.76. The van der Waals surface area contributed by atoms with Crippen LogP contribution in [0.5, 0.6) is 0 Å². The zero-order valence-corrected chi connectivity index (χ0v) is 22.8. The van der Waals surface area contributed by atoms with Crippen LogP contribution in [0.25, 0.3) is 22.1 Å². The second-order valence-corrected chi connectivity index (χ2v) is 12.0. The number of likely N-dealkylation sites (tertiary alicyclic amines) is 1. The summed E-state index contributed by atoms with van der Waals surface area (Å²) in [6.45, 7) is 6.32. The van der Waals surface area contributed by atoms with E-state index in [0.29, 0.717) is 41.7 Å². The summed E-state index contributed by atoms with van der Waals surface area (Å²) < 4.78 is 4.15. The second kappa shape index (κ2) is 8.79. The number of pyridine rings is 1. The van der Waals surface area contributed by atoms with Gasteiger partial charge in [-0.05, 0) is 52.0 Å². The van der Waals surface area contributed by atoms with Gasteiger partial charge in [0.05, 0.1) is 18.3 Å². The average molecular weight is 533 g/mol. The first kappa shape index (κ1) is 23.6. The molecule has 5 heterocycles. The molecule has 7 rings (SSSR count). The van der Waals surface area contributed by atoms with Crippen LogP contribution < -0.4 is 5.32 Å². The Labute approximate surface area is 224 Å². The van der Waals surface area contributed by atoms with Crippen LogP contribution in [-0.2, 0) is 24.8 Å². The Morgan fingerprint density at radius 3 is 2.53 bits per heavy atom. The van der Waals surface area contributed by atoms with Crippen molar-refractivity contribution in [2.45, 2.75) is 71.0 Å². The highest BCUT2D eigenvalue weighted by molar-refractivity contribution is 7.15. The van der Waals surface area contributed by atoms with Crippen molar-refractivity contribution < 1.29 is 9.59 Å². The first-order valence-electron chi connectivity index (χ1n) is 13.6. The number of carbonyl (C=O) groups is 2. The summed E-state index contributed by atoms with van der Waals surface area (Å²) >= 11 is 1.45. The lowest BCUT2D eigenvalue weighted by atomic mass is 10.2. The first-order chi connectivity index (χ1) is 18.4. The summed E-state index contributed by atoms with van der Waals surface area (Å²) in [5, 5.41) is 4.98. The minimum Gasteiger partial charge on any atom is -0.337 e. The van der Waals surface area contributed by atoms with Crippen LogP contribution in [0, 0.1) is 6.92 Å². The smallest absolute Gasteiger partial charge is 0.273 e. The van der Waals surface area contributed by atoms with Crippen LogP contribution in [0.2, 0.25) is 0 Å². The van der Waals surface area contributed by atoms with Crippen molar-refractivity contribution in [2.75, 3.05) is 18.4 Å². The molecule has 10 nitrogen and oxygen atoms in total. The number of aryl methyl sites for hydroxylation is 3. The Balaban J connectivity index is 1.26. The lowest BCUT2D eigenvalue weighted by Crippen LogP contribution is -2.42. The van der Waals surface area contributed by atoms with Gasteiger partial charge in [0.2, 0.25) is 5.91 Å². The molecule has 3 fully saturated rings. The monoisotopic (exact) mass is 532 g/mol. The number of amides is 2. The van der Waals surface area contributed by atoms with Crippen molar-refractivity contribution in [2.24, 2.45) is 7.05 Å². The number of hydrogen-bond acceptors (Lipinski definition) is 7. The van der Waals surface area contributed by atoms with E-state index in [4.69, 9.17) is 4.98 Å². The van der Waals surface area contributed by atoms with Gasteiger partial charge in [-0.25, -0.2) is 15.0 Å². The largest absolute Gasteiger partial charge is 0.337 e. The number of nitrogens with one attached hydrogen (secondary N) is 1. The fraction of sp³-hybridized carbons (Fsp3) is 0.519. The van der Waals surface area contributed by atoms with Crippen LogP contribution in [0.15, 0.2) is 12.4 Å². The Morgan fingerprint density at radius 1 is 1.16 bits per heavy atom. The molecule has 3 aliphatic rings. The number of rotatable bonds is 8. The summed E-state index contributed by atoms with van der Waals surface area (Å²) in [6, 6.07) is 2.99. The molecule has 1 saturated heterocycles. The van der Waals surface area contributed by atoms with Crippen molar-refractivity contribution >= 4 is 56.2 Å². The van der Waals surface area contributed by atoms with Crippen LogP contribution in [0.3, 0.4) is 0 Å². The summed E-state index contributed by atoms with van der Waals surface area (Å²) in [5.41, 5.74) is 4.02. The highest BCUT2D eigenvalue weighted by atomic mass is 32.1. The second-order valence-electron chi connectivity index (χ2n) is 10.8. The zero-order valence-electron chi connectivity index (χ0n) is 22.0. The maximum atomic E-state index is 13.4. The van der Waals surface area contributed by atoms with E-state index in [1.807, 2.05) is 23.4 Å². The summed E-state index contributed by atoms with van der Waals surface area (Å²) in [4.78, 5) is 45.4. The SMILES string of the molecule is CCn1c(CC(=O)N(C2CC2)C2CC2)cc2c3c(ncn3C)c(Nc3nc(C(=O)N4CCC4)c(C)s3)nc21. The Hall–Kier alpha value is -3.47. The van der Waals surface area contributed by atoms with Crippen LogP contribution in [-0.4, -0.2) is 70.9 Å². The van der Waals surface area contributed by atoms with Gasteiger partial charge in [-0.1, -0.05) is 0 Å². The summed E-state index contributed by atoms with van der Waals surface area (Å²) in [6.07, 6.45) is 7.75. The van der Waals surface area contributed by atoms with Gasteiger partial charge in [-0.2, -0.15) is 0 Å². The van der Waals surface area contributed by atoms with Gasteiger partial charge in [0, 0.05) is 54.7 Å².